The van der Waals surface area contributed by atoms with Gasteiger partial charge < -0.3 is 15.4 Å². The molecule has 186 valence electrons. The lowest BCUT2D eigenvalue weighted by Gasteiger charge is -2.12. The first kappa shape index (κ1) is 24.9. The molecule has 0 saturated heterocycles. The molecule has 4 rings (SSSR count). The van der Waals surface area contributed by atoms with Gasteiger partial charge in [0.05, 0.1) is 0 Å². The van der Waals surface area contributed by atoms with Crippen LogP contribution in [0.2, 0.25) is 0 Å². The number of benzene rings is 1. The first-order chi connectivity index (χ1) is 17.1. The number of halogens is 3. The highest BCUT2D eigenvalue weighted by molar-refractivity contribution is 7.13. The summed E-state index contributed by atoms with van der Waals surface area (Å²) >= 11 is 0.760. The minimum Gasteiger partial charge on any atom is -0.477 e. The maximum atomic E-state index is 13.2. The van der Waals surface area contributed by atoms with Gasteiger partial charge in [-0.3, -0.25) is 10.1 Å². The molecule has 0 aliphatic rings. The second kappa shape index (κ2) is 9.77. The molecule has 13 heteroatoms. The van der Waals surface area contributed by atoms with Gasteiger partial charge in [-0.15, -0.1) is 11.3 Å². The normalized spacial score (nSPS) is 11.4. The number of aromatic amines is 1. The molecule has 3 aromatic heterocycles. The number of hydrogen-bond acceptors (Lipinski definition) is 6. The van der Waals surface area contributed by atoms with E-state index in [1.807, 2.05) is 6.92 Å². The van der Waals surface area contributed by atoms with Crippen molar-refractivity contribution in [3.63, 3.8) is 0 Å². The van der Waals surface area contributed by atoms with Crippen molar-refractivity contribution in [3.8, 4) is 21.7 Å². The van der Waals surface area contributed by atoms with Crippen molar-refractivity contribution in [2.24, 2.45) is 0 Å². The van der Waals surface area contributed by atoms with Crippen molar-refractivity contribution >= 4 is 40.1 Å². The second-order valence-corrected chi connectivity index (χ2v) is 8.49. The fourth-order valence-corrected chi connectivity index (χ4v) is 4.26. The summed E-state index contributed by atoms with van der Waals surface area (Å²) in [7, 11) is 0. The lowest BCUT2D eigenvalue weighted by Crippen LogP contribution is -2.29. The summed E-state index contributed by atoms with van der Waals surface area (Å²) in [5.41, 5.74) is -0.897. The van der Waals surface area contributed by atoms with Gasteiger partial charge in [0.2, 0.25) is 5.43 Å². The number of aromatic carboxylic acids is 1. The summed E-state index contributed by atoms with van der Waals surface area (Å²) < 4.78 is 39.6. The van der Waals surface area contributed by atoms with Gasteiger partial charge in [0.25, 0.3) is 0 Å². The van der Waals surface area contributed by atoms with Gasteiger partial charge in [-0.25, -0.2) is 19.6 Å². The molecule has 36 heavy (non-hydrogen) atoms. The molecule has 3 heterocycles. The van der Waals surface area contributed by atoms with E-state index in [2.05, 4.69) is 25.6 Å². The van der Waals surface area contributed by atoms with Gasteiger partial charge in [-0.2, -0.15) is 13.2 Å². The number of hydrogen-bond donors (Lipinski definition) is 4. The molecular weight excluding hydrogens is 499 g/mol. The summed E-state index contributed by atoms with van der Waals surface area (Å²) in [6, 6.07) is 5.45. The number of alkyl halides is 3. The molecule has 0 unspecified atom stereocenters. The lowest BCUT2D eigenvalue weighted by atomic mass is 9.99. The van der Waals surface area contributed by atoms with E-state index in [1.165, 1.54) is 18.3 Å². The Bertz CT molecular complexity index is 1530. The summed E-state index contributed by atoms with van der Waals surface area (Å²) in [6.07, 6.45) is -1.50. The maximum Gasteiger partial charge on any atom is 0.434 e. The molecule has 0 fully saturated rings. The number of carbonyl (C=O) groups is 2. The molecule has 4 aromatic rings. The van der Waals surface area contributed by atoms with Gasteiger partial charge in [-0.1, -0.05) is 13.0 Å². The molecule has 0 bridgehead atoms. The molecule has 0 aliphatic carbocycles. The van der Waals surface area contributed by atoms with Gasteiger partial charge in [-0.05, 0) is 30.2 Å². The molecule has 1 aromatic carbocycles. The Kier molecular flexibility index (Phi) is 6.75. The molecular formula is C23H18F3N5O4S. The van der Waals surface area contributed by atoms with Crippen LogP contribution in [0.3, 0.4) is 0 Å². The van der Waals surface area contributed by atoms with E-state index in [0.29, 0.717) is 29.6 Å². The van der Waals surface area contributed by atoms with E-state index in [4.69, 9.17) is 0 Å². The SMILES string of the molecule is CCCNC(=O)Nc1cc(-c2nc(C(F)(F)F)cs2)c(-c2ccc3[nH]cc(C(=O)O)c(=O)c3c2)cn1. The highest BCUT2D eigenvalue weighted by atomic mass is 32.1. The predicted molar refractivity (Wildman–Crippen MR) is 128 cm³/mol. The zero-order chi connectivity index (χ0) is 26.0. The van der Waals surface area contributed by atoms with Crippen molar-refractivity contribution in [2.75, 3.05) is 11.9 Å². The number of amides is 2. The topological polar surface area (TPSA) is 137 Å². The number of nitrogens with zero attached hydrogens (tertiary/aromatic N) is 2. The van der Waals surface area contributed by atoms with Crippen LogP contribution in [-0.4, -0.2) is 38.6 Å². The quantitative estimate of drug-likeness (QED) is 0.285. The van der Waals surface area contributed by atoms with Gasteiger partial charge in [0.1, 0.15) is 16.4 Å². The average Bonchev–Trinajstić information content (AvgIpc) is 3.34. The standard InChI is InChI=1S/C23H18F3N5O4S/c1-2-5-27-22(35)31-18-7-12(20-30-17(10-36-20)23(24,25)26)14(8-29-18)11-3-4-16-13(6-11)19(32)15(9-28-16)21(33)34/h3-4,6-10H,2,5H2,1H3,(H,28,32)(H,33,34)(H2,27,29,31,35). The number of carboxylic acid groups (broad SMARTS) is 1. The predicted octanol–water partition coefficient (Wildman–Crippen LogP) is 4.96. The number of thiazole rings is 1. The van der Waals surface area contributed by atoms with Crippen LogP contribution >= 0.6 is 11.3 Å². The highest BCUT2D eigenvalue weighted by Crippen LogP contribution is 2.38. The molecule has 0 saturated carbocycles. The molecule has 2 amide bonds. The summed E-state index contributed by atoms with van der Waals surface area (Å²) in [6.45, 7) is 2.29. The molecule has 9 nitrogen and oxygen atoms in total. The fraction of sp³-hybridized carbons (Fsp3) is 0.174. The Hall–Kier alpha value is -4.26. The fourth-order valence-electron chi connectivity index (χ4n) is 3.40. The number of nitrogens with one attached hydrogen (secondary N) is 3. The monoisotopic (exact) mass is 517 g/mol. The third-order valence-corrected chi connectivity index (χ3v) is 6.00. The van der Waals surface area contributed by atoms with Gasteiger partial charge >= 0.3 is 18.2 Å². The van der Waals surface area contributed by atoms with Crippen LogP contribution < -0.4 is 16.1 Å². The number of anilines is 1. The van der Waals surface area contributed by atoms with Crippen molar-refractivity contribution in [3.05, 3.63) is 63.5 Å². The second-order valence-electron chi connectivity index (χ2n) is 7.63. The van der Waals surface area contributed by atoms with E-state index in [1.54, 1.807) is 12.1 Å². The van der Waals surface area contributed by atoms with Gasteiger partial charge in [0.15, 0.2) is 5.69 Å². The lowest BCUT2D eigenvalue weighted by molar-refractivity contribution is -0.140. The zero-order valence-corrected chi connectivity index (χ0v) is 19.4. The van der Waals surface area contributed by atoms with Crippen molar-refractivity contribution in [2.45, 2.75) is 19.5 Å². The van der Waals surface area contributed by atoms with E-state index >= 15 is 0 Å². The van der Waals surface area contributed by atoms with Gasteiger partial charge in [0, 0.05) is 46.3 Å². The molecule has 0 radical (unpaired) electrons. The van der Waals surface area contributed by atoms with Crippen molar-refractivity contribution < 1.29 is 27.9 Å². The van der Waals surface area contributed by atoms with Crippen LogP contribution in [0.15, 0.2) is 46.8 Å². The number of carbonyl (C=O) groups excluding carboxylic acids is 1. The smallest absolute Gasteiger partial charge is 0.434 e. The molecule has 0 aliphatic heterocycles. The first-order valence-corrected chi connectivity index (χ1v) is 11.4. The third-order valence-electron chi connectivity index (χ3n) is 5.13. The Balaban J connectivity index is 1.86. The Morgan fingerprint density at radius 1 is 1.19 bits per heavy atom. The van der Waals surface area contributed by atoms with Crippen LogP contribution in [-0.2, 0) is 6.18 Å². The Morgan fingerprint density at radius 3 is 2.64 bits per heavy atom. The summed E-state index contributed by atoms with van der Waals surface area (Å²) in [5, 5.41) is 15.4. The Morgan fingerprint density at radius 2 is 1.97 bits per heavy atom. The molecule has 0 atom stereocenters. The largest absolute Gasteiger partial charge is 0.477 e. The zero-order valence-electron chi connectivity index (χ0n) is 18.6. The number of H-pyrrole nitrogens is 1. The van der Waals surface area contributed by atoms with Crippen LogP contribution in [0, 0.1) is 0 Å². The number of rotatable bonds is 6. The molecule has 0 spiro atoms. The van der Waals surface area contributed by atoms with Crippen LogP contribution in [0.4, 0.5) is 23.8 Å². The maximum absolute atomic E-state index is 13.2. The summed E-state index contributed by atoms with van der Waals surface area (Å²) in [4.78, 5) is 46.8. The minimum atomic E-state index is -4.65. The van der Waals surface area contributed by atoms with E-state index in [9.17, 15) is 32.7 Å². The minimum absolute atomic E-state index is 0.0186. The summed E-state index contributed by atoms with van der Waals surface area (Å²) in [5.74, 6) is -1.32. The Labute approximate surface area is 205 Å². The molecule has 4 N–H and O–H groups in total. The van der Waals surface area contributed by atoms with Crippen molar-refractivity contribution in [1.82, 2.24) is 20.3 Å². The third kappa shape index (κ3) is 5.05. The van der Waals surface area contributed by atoms with Crippen LogP contribution in [0.1, 0.15) is 29.4 Å². The number of fused-ring (bicyclic) bond motifs is 1. The van der Waals surface area contributed by atoms with E-state index < -0.39 is 34.9 Å². The number of pyridine rings is 2. The van der Waals surface area contributed by atoms with Crippen molar-refractivity contribution in [1.29, 1.82) is 0 Å². The van der Waals surface area contributed by atoms with Crippen LogP contribution in [0.25, 0.3) is 32.6 Å². The number of aromatic nitrogens is 3. The van der Waals surface area contributed by atoms with Crippen LogP contribution in [0.5, 0.6) is 0 Å². The average molecular weight is 517 g/mol. The number of urea groups is 1. The van der Waals surface area contributed by atoms with E-state index in [-0.39, 0.29) is 21.8 Å². The number of carboxylic acids is 1. The highest BCUT2D eigenvalue weighted by Gasteiger charge is 2.34. The van der Waals surface area contributed by atoms with E-state index in [0.717, 1.165) is 22.9 Å². The first-order valence-electron chi connectivity index (χ1n) is 10.6.